The van der Waals surface area contributed by atoms with Gasteiger partial charge in [-0.2, -0.15) is 30.7 Å². The first kappa shape index (κ1) is 17.9. The fourth-order valence-corrected chi connectivity index (χ4v) is 0.762. The van der Waals surface area contributed by atoms with Crippen molar-refractivity contribution in [2.75, 3.05) is 6.61 Å². The van der Waals surface area contributed by atoms with Crippen LogP contribution in [0.4, 0.5) is 39.5 Å². The van der Waals surface area contributed by atoms with Crippen molar-refractivity contribution in [3.8, 4) is 0 Å². The number of hydrogen-bond acceptors (Lipinski definition) is 2. The lowest BCUT2D eigenvalue weighted by molar-refractivity contribution is -0.458. The van der Waals surface area contributed by atoms with Crippen LogP contribution >= 0.6 is 0 Å². The molecular formula is C8H7F9O2. The fraction of sp³-hybridized carbons (Fsp3) is 0.750. The van der Waals surface area contributed by atoms with Gasteiger partial charge in [0.15, 0.2) is 0 Å². The maximum absolute atomic E-state index is 13.2. The van der Waals surface area contributed by atoms with Gasteiger partial charge in [0.25, 0.3) is 11.9 Å². The van der Waals surface area contributed by atoms with Crippen LogP contribution in [0.25, 0.3) is 0 Å². The van der Waals surface area contributed by atoms with Crippen molar-refractivity contribution in [2.24, 2.45) is 0 Å². The zero-order valence-electron chi connectivity index (χ0n) is 9.13. The lowest BCUT2D eigenvalue weighted by Crippen LogP contribution is -2.59. The van der Waals surface area contributed by atoms with E-state index in [1.54, 1.807) is 0 Å². The van der Waals surface area contributed by atoms with E-state index in [-0.39, 0.29) is 6.92 Å². The Hall–Kier alpha value is -1.13. The summed E-state index contributed by atoms with van der Waals surface area (Å²) in [7, 11) is 0. The van der Waals surface area contributed by atoms with Crippen molar-refractivity contribution in [2.45, 2.75) is 31.0 Å². The van der Waals surface area contributed by atoms with Crippen LogP contribution in [0.1, 0.15) is 6.92 Å². The van der Waals surface area contributed by atoms with Crippen LogP contribution < -0.4 is 0 Å². The second kappa shape index (κ2) is 5.10. The monoisotopic (exact) mass is 306 g/mol. The average molecular weight is 306 g/mol. The summed E-state index contributed by atoms with van der Waals surface area (Å²) < 4.78 is 117. The molecule has 0 aliphatic heterocycles. The maximum atomic E-state index is 13.2. The highest BCUT2D eigenvalue weighted by Gasteiger charge is 2.76. The minimum Gasteiger partial charge on any atom is -0.402 e. The quantitative estimate of drug-likeness (QED) is 0.547. The first-order valence-corrected chi connectivity index (χ1v) is 4.31. The van der Waals surface area contributed by atoms with E-state index in [0.717, 1.165) is 0 Å². The van der Waals surface area contributed by atoms with E-state index in [0.29, 0.717) is 0 Å². The number of halogens is 9. The SMILES string of the molecule is C=C(F)OC(F)(F)C(F)(OCC(C)(F)F)C(F)(F)F. The van der Waals surface area contributed by atoms with Crippen LogP contribution in [0.3, 0.4) is 0 Å². The van der Waals surface area contributed by atoms with Gasteiger partial charge in [-0.25, -0.2) is 8.78 Å². The van der Waals surface area contributed by atoms with Gasteiger partial charge in [0.1, 0.15) is 6.61 Å². The largest absolute Gasteiger partial charge is 0.471 e. The van der Waals surface area contributed by atoms with Crippen molar-refractivity contribution < 1.29 is 49.0 Å². The molecule has 1 atom stereocenters. The Bertz CT molecular complexity index is 332. The third-order valence-electron chi connectivity index (χ3n) is 1.50. The van der Waals surface area contributed by atoms with Crippen LogP contribution in [-0.2, 0) is 9.47 Å². The highest BCUT2D eigenvalue weighted by molar-refractivity contribution is 4.89. The number of hydrogen-bond donors (Lipinski definition) is 0. The molecule has 19 heavy (non-hydrogen) atoms. The third-order valence-corrected chi connectivity index (χ3v) is 1.50. The van der Waals surface area contributed by atoms with Crippen molar-refractivity contribution in [1.29, 1.82) is 0 Å². The molecule has 0 N–H and O–H groups in total. The molecule has 0 heterocycles. The molecule has 0 rings (SSSR count). The van der Waals surface area contributed by atoms with E-state index >= 15 is 0 Å². The molecule has 0 amide bonds. The number of ether oxygens (including phenoxy) is 2. The zero-order valence-corrected chi connectivity index (χ0v) is 9.13. The fourth-order valence-electron chi connectivity index (χ4n) is 0.762. The molecule has 2 nitrogen and oxygen atoms in total. The molecule has 114 valence electrons. The first-order chi connectivity index (χ1) is 8.12. The molecule has 0 aromatic rings. The number of alkyl halides is 8. The van der Waals surface area contributed by atoms with Crippen LogP contribution in [0.2, 0.25) is 0 Å². The van der Waals surface area contributed by atoms with E-state index in [2.05, 4.69) is 9.47 Å². The molecule has 0 aliphatic carbocycles. The Balaban J connectivity index is 5.36. The molecule has 0 bridgehead atoms. The predicted octanol–water partition coefficient (Wildman–Crippen LogP) is 3.94. The third kappa shape index (κ3) is 4.48. The maximum Gasteiger partial charge on any atom is 0.471 e. The van der Waals surface area contributed by atoms with E-state index in [9.17, 15) is 39.5 Å². The molecule has 0 aromatic heterocycles. The van der Waals surface area contributed by atoms with Crippen molar-refractivity contribution in [1.82, 2.24) is 0 Å². The summed E-state index contributed by atoms with van der Waals surface area (Å²) in [5.41, 5.74) is 0. The van der Waals surface area contributed by atoms with Gasteiger partial charge in [-0.15, -0.1) is 0 Å². The Morgan fingerprint density at radius 1 is 1.00 bits per heavy atom. The van der Waals surface area contributed by atoms with Gasteiger partial charge in [-0.3, -0.25) is 0 Å². The van der Waals surface area contributed by atoms with Gasteiger partial charge < -0.3 is 9.47 Å². The van der Waals surface area contributed by atoms with Crippen LogP contribution in [0.15, 0.2) is 12.6 Å². The topological polar surface area (TPSA) is 18.5 Å². The van der Waals surface area contributed by atoms with Crippen molar-refractivity contribution in [3.05, 3.63) is 12.6 Å². The highest BCUT2D eigenvalue weighted by Crippen LogP contribution is 2.48. The molecule has 0 aromatic carbocycles. The van der Waals surface area contributed by atoms with Gasteiger partial charge in [0.05, 0.1) is 0 Å². The van der Waals surface area contributed by atoms with Gasteiger partial charge in [0.2, 0.25) is 0 Å². The Morgan fingerprint density at radius 3 is 1.68 bits per heavy atom. The van der Waals surface area contributed by atoms with Gasteiger partial charge in [-0.1, -0.05) is 0 Å². The molecule has 0 spiro atoms. The summed E-state index contributed by atoms with van der Waals surface area (Å²) in [6.07, 6.45) is -12.4. The van der Waals surface area contributed by atoms with Crippen LogP contribution in [0.5, 0.6) is 0 Å². The van der Waals surface area contributed by atoms with E-state index < -0.39 is 36.7 Å². The Kier molecular flexibility index (Phi) is 4.79. The molecule has 1 unspecified atom stereocenters. The van der Waals surface area contributed by atoms with Crippen molar-refractivity contribution >= 4 is 0 Å². The summed E-state index contributed by atoms with van der Waals surface area (Å²) in [6, 6.07) is -2.46. The van der Waals surface area contributed by atoms with Gasteiger partial charge in [-0.05, 0) is 6.58 Å². The molecule has 0 saturated heterocycles. The van der Waals surface area contributed by atoms with E-state index in [1.165, 1.54) is 0 Å². The minimum atomic E-state index is -6.46. The Labute approximate surface area is 100 Å². The first-order valence-electron chi connectivity index (χ1n) is 4.31. The smallest absolute Gasteiger partial charge is 0.402 e. The lowest BCUT2D eigenvalue weighted by Gasteiger charge is -2.33. The highest BCUT2D eigenvalue weighted by atomic mass is 19.4. The molecule has 11 heteroatoms. The lowest BCUT2D eigenvalue weighted by atomic mass is 10.2. The van der Waals surface area contributed by atoms with Gasteiger partial charge in [0, 0.05) is 6.92 Å². The van der Waals surface area contributed by atoms with Crippen molar-refractivity contribution in [3.63, 3.8) is 0 Å². The second-order valence-corrected chi connectivity index (χ2v) is 3.43. The molecular weight excluding hydrogens is 299 g/mol. The Morgan fingerprint density at radius 2 is 1.42 bits per heavy atom. The second-order valence-electron chi connectivity index (χ2n) is 3.43. The minimum absolute atomic E-state index is 0.00310. The normalized spacial score (nSPS) is 16.9. The summed E-state index contributed by atoms with van der Waals surface area (Å²) >= 11 is 0. The van der Waals surface area contributed by atoms with Gasteiger partial charge >= 0.3 is 18.1 Å². The summed E-state index contributed by atoms with van der Waals surface area (Å²) in [5, 5.41) is 0. The predicted molar refractivity (Wildman–Crippen MR) is 42.7 cm³/mol. The number of rotatable bonds is 6. The van der Waals surface area contributed by atoms with E-state index in [4.69, 9.17) is 0 Å². The summed E-state index contributed by atoms with van der Waals surface area (Å²) in [5.74, 6) is -10.0. The summed E-state index contributed by atoms with van der Waals surface area (Å²) in [6.45, 7) is -0.298. The molecule has 0 aliphatic rings. The van der Waals surface area contributed by atoms with E-state index in [1.807, 2.05) is 6.58 Å². The zero-order chi connectivity index (χ0) is 15.7. The molecule has 0 fully saturated rings. The molecule has 0 radical (unpaired) electrons. The average Bonchev–Trinajstić information content (AvgIpc) is 2.08. The summed E-state index contributed by atoms with van der Waals surface area (Å²) in [4.78, 5) is 0. The standard InChI is InChI=1S/C8H7F9O2/c1-4(9)19-8(16,17)6(12,7(13,14)15)18-3-5(2,10)11/h1,3H2,2H3. The molecule has 0 saturated carbocycles. The van der Waals surface area contributed by atoms with Crippen LogP contribution in [0, 0.1) is 0 Å². The van der Waals surface area contributed by atoms with Crippen LogP contribution in [-0.4, -0.2) is 30.7 Å².